The maximum absolute atomic E-state index is 13.6. The number of hydrogen-bond acceptors (Lipinski definition) is 3. The van der Waals surface area contributed by atoms with Gasteiger partial charge in [-0.2, -0.15) is 0 Å². The van der Waals surface area contributed by atoms with Gasteiger partial charge in [0.15, 0.2) is 5.65 Å². The van der Waals surface area contributed by atoms with Gasteiger partial charge in [-0.1, -0.05) is 18.2 Å². The molecule has 0 aliphatic rings. The molecule has 0 atom stereocenters. The van der Waals surface area contributed by atoms with Crippen molar-refractivity contribution in [2.75, 3.05) is 5.73 Å². The lowest BCUT2D eigenvalue weighted by Crippen LogP contribution is -2.23. The van der Waals surface area contributed by atoms with Gasteiger partial charge in [0, 0.05) is 11.9 Å². The van der Waals surface area contributed by atoms with E-state index in [0.29, 0.717) is 29.1 Å². The summed E-state index contributed by atoms with van der Waals surface area (Å²) in [5, 5.41) is 0. The molecule has 0 fully saturated rings. The number of pyridine rings is 1. The molecule has 0 saturated carbocycles. The third kappa shape index (κ3) is 2.67. The van der Waals surface area contributed by atoms with E-state index in [1.165, 1.54) is 16.7 Å². The molecule has 0 radical (unpaired) electrons. The van der Waals surface area contributed by atoms with Crippen LogP contribution < -0.4 is 11.4 Å². The second kappa shape index (κ2) is 5.90. The van der Waals surface area contributed by atoms with Gasteiger partial charge in [-0.3, -0.25) is 4.57 Å². The molecule has 0 bridgehead atoms. The molecule has 2 heterocycles. The highest BCUT2D eigenvalue weighted by atomic mass is 19.1. The molecule has 0 saturated heterocycles. The topological polar surface area (TPSA) is 65.8 Å². The standard InChI is InChI=1S/C19H15FN4O/c20-14-3-1-4-16(11-14)24-18-17(5-2-10-22-18)23(19(24)25)12-13-6-8-15(21)9-7-13/h1-11H,12,21H2. The summed E-state index contributed by atoms with van der Waals surface area (Å²) in [5.41, 5.74) is 8.69. The number of hydrogen-bond donors (Lipinski definition) is 1. The highest BCUT2D eigenvalue weighted by Crippen LogP contribution is 2.17. The van der Waals surface area contributed by atoms with Crippen LogP contribution in [-0.2, 0) is 6.54 Å². The fourth-order valence-corrected chi connectivity index (χ4v) is 2.89. The number of benzene rings is 2. The Bertz CT molecular complexity index is 1110. The highest BCUT2D eigenvalue weighted by Gasteiger charge is 2.16. The number of aromatic nitrogens is 3. The molecule has 0 amide bonds. The summed E-state index contributed by atoms with van der Waals surface area (Å²) < 4.78 is 16.7. The van der Waals surface area contributed by atoms with Crippen LogP contribution in [0.5, 0.6) is 0 Å². The predicted octanol–water partition coefficient (Wildman–Crippen LogP) is 2.96. The summed E-state index contributed by atoms with van der Waals surface area (Å²) in [4.78, 5) is 17.3. The average Bonchev–Trinajstić information content (AvgIpc) is 2.89. The largest absolute Gasteiger partial charge is 0.399 e. The van der Waals surface area contributed by atoms with E-state index in [4.69, 9.17) is 5.73 Å². The lowest BCUT2D eigenvalue weighted by Gasteiger charge is -2.04. The molecule has 4 rings (SSSR count). The van der Waals surface area contributed by atoms with E-state index in [-0.39, 0.29) is 5.69 Å². The summed E-state index contributed by atoms with van der Waals surface area (Å²) in [6.45, 7) is 0.379. The normalized spacial score (nSPS) is 11.1. The number of rotatable bonds is 3. The fourth-order valence-electron chi connectivity index (χ4n) is 2.89. The zero-order valence-corrected chi connectivity index (χ0v) is 13.3. The Balaban J connectivity index is 1.92. The van der Waals surface area contributed by atoms with Gasteiger partial charge in [-0.15, -0.1) is 0 Å². The first kappa shape index (κ1) is 15.1. The van der Waals surface area contributed by atoms with Gasteiger partial charge in [0.2, 0.25) is 0 Å². The van der Waals surface area contributed by atoms with E-state index in [2.05, 4.69) is 4.98 Å². The molecule has 0 aliphatic heterocycles. The Morgan fingerprint density at radius 3 is 2.60 bits per heavy atom. The van der Waals surface area contributed by atoms with Crippen molar-refractivity contribution in [3.05, 3.63) is 88.7 Å². The van der Waals surface area contributed by atoms with Crippen molar-refractivity contribution in [2.24, 2.45) is 0 Å². The van der Waals surface area contributed by atoms with E-state index in [1.54, 1.807) is 41.1 Å². The maximum Gasteiger partial charge on any atom is 0.335 e. The van der Waals surface area contributed by atoms with Crippen molar-refractivity contribution in [3.8, 4) is 5.69 Å². The monoisotopic (exact) mass is 334 g/mol. The number of anilines is 1. The van der Waals surface area contributed by atoms with Gasteiger partial charge in [0.05, 0.1) is 17.7 Å². The Hall–Kier alpha value is -3.41. The zero-order chi connectivity index (χ0) is 17.4. The Morgan fingerprint density at radius 2 is 1.84 bits per heavy atom. The minimum absolute atomic E-state index is 0.267. The van der Waals surface area contributed by atoms with E-state index >= 15 is 0 Å². The molecule has 0 unspecified atom stereocenters. The molecule has 124 valence electrons. The molecule has 6 heteroatoms. The van der Waals surface area contributed by atoms with Crippen LogP contribution in [0, 0.1) is 5.82 Å². The smallest absolute Gasteiger partial charge is 0.335 e. The van der Waals surface area contributed by atoms with Gasteiger partial charge < -0.3 is 5.73 Å². The molecule has 25 heavy (non-hydrogen) atoms. The Labute approximate surface area is 142 Å². The van der Waals surface area contributed by atoms with Gasteiger partial charge in [-0.05, 0) is 48.0 Å². The fraction of sp³-hybridized carbons (Fsp3) is 0.0526. The summed E-state index contributed by atoms with van der Waals surface area (Å²) in [6.07, 6.45) is 1.62. The van der Waals surface area contributed by atoms with Crippen molar-refractivity contribution in [1.29, 1.82) is 0 Å². The van der Waals surface area contributed by atoms with Crippen molar-refractivity contribution in [3.63, 3.8) is 0 Å². The first-order valence-electron chi connectivity index (χ1n) is 7.80. The molecular formula is C19H15FN4O. The first-order valence-corrected chi connectivity index (χ1v) is 7.80. The summed E-state index contributed by atoms with van der Waals surface area (Å²) >= 11 is 0. The van der Waals surface area contributed by atoms with Crippen LogP contribution in [0.2, 0.25) is 0 Å². The number of halogens is 1. The summed E-state index contributed by atoms with van der Waals surface area (Å²) in [6, 6.07) is 16.9. The molecule has 2 aromatic heterocycles. The van der Waals surface area contributed by atoms with Crippen LogP contribution in [0.15, 0.2) is 71.7 Å². The predicted molar refractivity (Wildman–Crippen MR) is 95.2 cm³/mol. The number of nitrogens with zero attached hydrogens (tertiary/aromatic N) is 3. The highest BCUT2D eigenvalue weighted by molar-refractivity contribution is 5.73. The van der Waals surface area contributed by atoms with E-state index < -0.39 is 5.82 Å². The minimum Gasteiger partial charge on any atom is -0.399 e. The second-order valence-corrected chi connectivity index (χ2v) is 5.77. The number of imidazole rings is 1. The molecular weight excluding hydrogens is 319 g/mol. The quantitative estimate of drug-likeness (QED) is 0.586. The maximum atomic E-state index is 13.6. The van der Waals surface area contributed by atoms with Crippen molar-refractivity contribution in [2.45, 2.75) is 6.54 Å². The van der Waals surface area contributed by atoms with Gasteiger partial charge in [0.1, 0.15) is 5.82 Å². The van der Waals surface area contributed by atoms with Crippen LogP contribution >= 0.6 is 0 Å². The number of nitrogens with two attached hydrogens (primary N) is 1. The molecule has 2 aromatic carbocycles. The number of nitrogen functional groups attached to an aromatic ring is 1. The van der Waals surface area contributed by atoms with Gasteiger partial charge in [-0.25, -0.2) is 18.7 Å². The lowest BCUT2D eigenvalue weighted by atomic mass is 10.2. The van der Waals surface area contributed by atoms with E-state index in [0.717, 1.165) is 5.56 Å². The Kier molecular flexibility index (Phi) is 3.57. The van der Waals surface area contributed by atoms with Gasteiger partial charge >= 0.3 is 5.69 Å². The number of fused-ring (bicyclic) bond motifs is 1. The molecule has 2 N–H and O–H groups in total. The van der Waals surface area contributed by atoms with Crippen LogP contribution in [0.1, 0.15) is 5.56 Å². The SMILES string of the molecule is Nc1ccc(Cn2c(=O)n(-c3cccc(F)c3)c3ncccc32)cc1. The Morgan fingerprint density at radius 1 is 1.04 bits per heavy atom. The molecule has 0 aliphatic carbocycles. The van der Waals surface area contributed by atoms with Crippen LogP contribution in [0.25, 0.3) is 16.9 Å². The van der Waals surface area contributed by atoms with Crippen molar-refractivity contribution < 1.29 is 4.39 Å². The molecule has 5 nitrogen and oxygen atoms in total. The van der Waals surface area contributed by atoms with Crippen molar-refractivity contribution in [1.82, 2.24) is 14.1 Å². The van der Waals surface area contributed by atoms with Crippen LogP contribution in [-0.4, -0.2) is 14.1 Å². The summed E-state index contributed by atoms with van der Waals surface area (Å²) in [7, 11) is 0. The third-order valence-corrected chi connectivity index (χ3v) is 4.08. The van der Waals surface area contributed by atoms with Gasteiger partial charge in [0.25, 0.3) is 0 Å². The lowest BCUT2D eigenvalue weighted by molar-refractivity contribution is 0.626. The first-order chi connectivity index (χ1) is 12.1. The van der Waals surface area contributed by atoms with Crippen molar-refractivity contribution >= 4 is 16.9 Å². The summed E-state index contributed by atoms with van der Waals surface area (Å²) in [5.74, 6) is -0.403. The molecule has 0 spiro atoms. The minimum atomic E-state index is -0.403. The second-order valence-electron chi connectivity index (χ2n) is 5.77. The van der Waals surface area contributed by atoms with E-state index in [1.807, 2.05) is 18.2 Å². The van der Waals surface area contributed by atoms with E-state index in [9.17, 15) is 9.18 Å². The van der Waals surface area contributed by atoms with Crippen LogP contribution in [0.3, 0.4) is 0 Å². The zero-order valence-electron chi connectivity index (χ0n) is 13.3. The van der Waals surface area contributed by atoms with Crippen LogP contribution in [0.4, 0.5) is 10.1 Å². The third-order valence-electron chi connectivity index (χ3n) is 4.08. The molecule has 4 aromatic rings. The average molecular weight is 334 g/mol.